The van der Waals surface area contributed by atoms with Crippen molar-refractivity contribution in [2.45, 2.75) is 19.0 Å². The van der Waals surface area contributed by atoms with Crippen LogP contribution in [0, 0.1) is 0 Å². The van der Waals surface area contributed by atoms with Crippen LogP contribution >= 0.6 is 11.6 Å². The van der Waals surface area contributed by atoms with Gasteiger partial charge in [0.2, 0.25) is 11.9 Å². The molecule has 0 saturated carbocycles. The van der Waals surface area contributed by atoms with Crippen molar-refractivity contribution in [1.82, 2.24) is 19.8 Å². The number of anilines is 4. The number of carbonyl (C=O) groups is 1. The summed E-state index contributed by atoms with van der Waals surface area (Å²) in [6, 6.07) is 5.51. The van der Waals surface area contributed by atoms with Crippen molar-refractivity contribution in [2.75, 3.05) is 81.6 Å². The van der Waals surface area contributed by atoms with Crippen LogP contribution in [-0.4, -0.2) is 91.7 Å². The zero-order valence-corrected chi connectivity index (χ0v) is 21.4. The number of likely N-dealkylation sites (N-methyl/N-ethyl adjacent to an activating group) is 1. The molecule has 1 aromatic heterocycles. The number of hydrogen-bond acceptors (Lipinski definition) is 8. The normalized spacial score (nSPS) is 17.6. The van der Waals surface area contributed by atoms with Gasteiger partial charge in [0.1, 0.15) is 18.0 Å². The first-order valence-corrected chi connectivity index (χ1v) is 12.6. The minimum Gasteiger partial charge on any atom is -0.372 e. The fraction of sp³-hybridized carbons (Fsp3) is 0.542. The zero-order chi connectivity index (χ0) is 26.4. The number of piperazine rings is 1. The average molecular weight is 542 g/mol. The Labute approximate surface area is 218 Å². The first-order valence-electron chi connectivity index (χ1n) is 12.2. The summed E-state index contributed by atoms with van der Waals surface area (Å²) in [5.41, 5.74) is 0.509. The van der Waals surface area contributed by atoms with Crippen LogP contribution in [0.1, 0.15) is 18.4 Å². The van der Waals surface area contributed by atoms with E-state index in [1.807, 2.05) is 12.1 Å². The highest BCUT2D eigenvalue weighted by atomic mass is 35.5. The van der Waals surface area contributed by atoms with E-state index < -0.39 is 11.7 Å². The highest BCUT2D eigenvalue weighted by molar-refractivity contribution is 6.33. The molecule has 2 fully saturated rings. The van der Waals surface area contributed by atoms with Gasteiger partial charge < -0.3 is 30.1 Å². The Morgan fingerprint density at radius 1 is 1.16 bits per heavy atom. The Morgan fingerprint density at radius 2 is 1.95 bits per heavy atom. The predicted molar refractivity (Wildman–Crippen MR) is 137 cm³/mol. The summed E-state index contributed by atoms with van der Waals surface area (Å²) in [6.07, 6.45) is -2.69. The molecule has 37 heavy (non-hydrogen) atoms. The molecular weight excluding hydrogens is 511 g/mol. The van der Waals surface area contributed by atoms with Gasteiger partial charge in [-0.15, -0.1) is 0 Å². The van der Waals surface area contributed by atoms with Crippen LogP contribution in [0.5, 0.6) is 0 Å². The number of halogens is 4. The van der Waals surface area contributed by atoms with Gasteiger partial charge in [-0.05, 0) is 38.1 Å². The number of aromatic nitrogens is 2. The van der Waals surface area contributed by atoms with E-state index in [9.17, 15) is 18.0 Å². The molecule has 0 atom stereocenters. The Hall–Kier alpha value is -2.83. The molecular formula is C24H31ClF3N7O2. The maximum atomic E-state index is 13.6. The van der Waals surface area contributed by atoms with Crippen molar-refractivity contribution in [3.8, 4) is 0 Å². The maximum absolute atomic E-state index is 13.6. The molecule has 2 saturated heterocycles. The molecule has 2 aromatic rings. The van der Waals surface area contributed by atoms with E-state index >= 15 is 0 Å². The number of ether oxygens (including phenoxy) is 1. The van der Waals surface area contributed by atoms with Crippen molar-refractivity contribution in [3.63, 3.8) is 0 Å². The number of carbonyl (C=O) groups excluding carboxylic acids is 1. The fourth-order valence-electron chi connectivity index (χ4n) is 4.22. The number of benzene rings is 1. The van der Waals surface area contributed by atoms with Crippen LogP contribution in [0.25, 0.3) is 0 Å². The molecule has 202 valence electrons. The van der Waals surface area contributed by atoms with Gasteiger partial charge >= 0.3 is 6.18 Å². The third-order valence-electron chi connectivity index (χ3n) is 6.35. The van der Waals surface area contributed by atoms with Crippen LogP contribution < -0.4 is 15.5 Å². The van der Waals surface area contributed by atoms with E-state index in [4.69, 9.17) is 16.3 Å². The molecule has 1 aromatic carbocycles. The Bertz CT molecular complexity index is 1080. The van der Waals surface area contributed by atoms with Gasteiger partial charge in [-0.1, -0.05) is 11.6 Å². The lowest BCUT2D eigenvalue weighted by molar-refractivity contribution is -0.137. The van der Waals surface area contributed by atoms with E-state index in [0.29, 0.717) is 36.8 Å². The molecule has 3 heterocycles. The second kappa shape index (κ2) is 12.1. The van der Waals surface area contributed by atoms with E-state index in [-0.39, 0.29) is 30.8 Å². The highest BCUT2D eigenvalue weighted by Gasteiger charge is 2.35. The summed E-state index contributed by atoms with van der Waals surface area (Å²) < 4.78 is 45.9. The quantitative estimate of drug-likeness (QED) is 0.489. The van der Waals surface area contributed by atoms with Gasteiger partial charge in [-0.3, -0.25) is 4.79 Å². The number of nitrogens with zero attached hydrogens (tertiary/aromatic N) is 5. The molecule has 0 unspecified atom stereocenters. The number of nitrogens with one attached hydrogen (secondary N) is 2. The lowest BCUT2D eigenvalue weighted by Gasteiger charge is -2.34. The summed E-state index contributed by atoms with van der Waals surface area (Å²) >= 11 is 6.48. The first-order chi connectivity index (χ1) is 17.7. The van der Waals surface area contributed by atoms with Crippen LogP contribution in [0.15, 0.2) is 24.4 Å². The lowest BCUT2D eigenvalue weighted by atomic mass is 10.2. The summed E-state index contributed by atoms with van der Waals surface area (Å²) in [6.45, 7) is 5.42. The molecule has 0 bridgehead atoms. The van der Waals surface area contributed by atoms with Crippen LogP contribution in [0.2, 0.25) is 5.02 Å². The second-order valence-corrected chi connectivity index (χ2v) is 9.51. The van der Waals surface area contributed by atoms with Crippen molar-refractivity contribution < 1.29 is 22.7 Å². The molecule has 2 N–H and O–H groups in total. The summed E-state index contributed by atoms with van der Waals surface area (Å²) in [7, 11) is 2.08. The van der Waals surface area contributed by atoms with Gasteiger partial charge in [0, 0.05) is 64.3 Å². The van der Waals surface area contributed by atoms with E-state index in [1.165, 1.54) is 0 Å². The molecule has 13 heteroatoms. The minimum atomic E-state index is -4.62. The van der Waals surface area contributed by atoms with Gasteiger partial charge in [-0.25, -0.2) is 4.98 Å². The SMILES string of the molecule is CN1CCN(c2ccc(Nc3ncc(C(F)(F)F)c(NCCCN4CCCOCC4=O)n3)c(Cl)c2)CC1. The van der Waals surface area contributed by atoms with E-state index in [0.717, 1.165) is 44.5 Å². The number of hydrogen-bond donors (Lipinski definition) is 2. The number of alkyl halides is 3. The predicted octanol–water partition coefficient (Wildman–Crippen LogP) is 3.70. The van der Waals surface area contributed by atoms with Crippen molar-refractivity contribution >= 4 is 40.6 Å². The Kier molecular flexibility index (Phi) is 8.93. The molecule has 9 nitrogen and oxygen atoms in total. The van der Waals surface area contributed by atoms with Gasteiger partial charge in [0.05, 0.1) is 10.7 Å². The molecule has 0 radical (unpaired) electrons. The molecule has 0 spiro atoms. The standard InChI is InChI=1S/C24H31ClF3N7O2/c1-33-9-11-34(12-10-33)17-4-5-20(19(25)14-17)31-23-30-15-18(24(26,27)28)22(32-23)29-6-2-7-35-8-3-13-37-16-21(35)36/h4-5,14-15H,2-3,6-13,16H2,1H3,(H2,29,30,31,32). The number of amides is 1. The highest BCUT2D eigenvalue weighted by Crippen LogP contribution is 2.35. The average Bonchev–Trinajstić information content (AvgIpc) is 3.07. The lowest BCUT2D eigenvalue weighted by Crippen LogP contribution is -2.44. The maximum Gasteiger partial charge on any atom is 0.421 e. The van der Waals surface area contributed by atoms with Crippen molar-refractivity contribution in [2.24, 2.45) is 0 Å². The van der Waals surface area contributed by atoms with Crippen molar-refractivity contribution in [3.05, 3.63) is 35.0 Å². The first kappa shape index (κ1) is 27.2. The summed E-state index contributed by atoms with van der Waals surface area (Å²) in [4.78, 5) is 26.1. The minimum absolute atomic E-state index is 0.00964. The summed E-state index contributed by atoms with van der Waals surface area (Å²) in [5, 5.41) is 6.11. The molecule has 2 aliphatic rings. The van der Waals surface area contributed by atoms with Gasteiger partial charge in [-0.2, -0.15) is 18.2 Å². The van der Waals surface area contributed by atoms with Crippen LogP contribution in [0.3, 0.4) is 0 Å². The summed E-state index contributed by atoms with van der Waals surface area (Å²) in [5.74, 6) is -0.456. The van der Waals surface area contributed by atoms with E-state index in [1.54, 1.807) is 11.0 Å². The smallest absolute Gasteiger partial charge is 0.372 e. The fourth-order valence-corrected chi connectivity index (χ4v) is 4.44. The third kappa shape index (κ3) is 7.36. The van der Waals surface area contributed by atoms with Crippen LogP contribution in [0.4, 0.5) is 36.3 Å². The zero-order valence-electron chi connectivity index (χ0n) is 20.7. The molecule has 4 rings (SSSR count). The topological polar surface area (TPSA) is 85.9 Å². The van der Waals surface area contributed by atoms with Gasteiger partial charge in [0.15, 0.2) is 0 Å². The van der Waals surface area contributed by atoms with Crippen LogP contribution in [-0.2, 0) is 15.7 Å². The second-order valence-electron chi connectivity index (χ2n) is 9.10. The van der Waals surface area contributed by atoms with E-state index in [2.05, 4.69) is 37.4 Å². The monoisotopic (exact) mass is 541 g/mol. The largest absolute Gasteiger partial charge is 0.421 e. The van der Waals surface area contributed by atoms with Crippen molar-refractivity contribution in [1.29, 1.82) is 0 Å². The van der Waals surface area contributed by atoms with Gasteiger partial charge in [0.25, 0.3) is 0 Å². The molecule has 0 aliphatic carbocycles. The molecule has 2 aliphatic heterocycles. The Balaban J connectivity index is 1.41. The third-order valence-corrected chi connectivity index (χ3v) is 6.67. The number of rotatable bonds is 8. The molecule has 1 amide bonds. The Morgan fingerprint density at radius 3 is 2.68 bits per heavy atom.